The van der Waals surface area contributed by atoms with Gasteiger partial charge in [-0.2, -0.15) is 13.2 Å². The Bertz CT molecular complexity index is 893. The molecule has 2 aromatic rings. The maximum atomic E-state index is 12.7. The van der Waals surface area contributed by atoms with E-state index in [1.54, 1.807) is 24.3 Å². The van der Waals surface area contributed by atoms with Gasteiger partial charge in [0.1, 0.15) is 0 Å². The number of imide groups is 1. The first-order valence-corrected chi connectivity index (χ1v) is 8.45. The largest absolute Gasteiger partial charge is 0.416 e. The highest BCUT2D eigenvalue weighted by Gasteiger charge is 2.34. The van der Waals surface area contributed by atoms with Gasteiger partial charge in [0.2, 0.25) is 5.91 Å². The molecule has 0 spiro atoms. The lowest BCUT2D eigenvalue weighted by molar-refractivity contribution is -0.137. The summed E-state index contributed by atoms with van der Waals surface area (Å²) in [6.07, 6.45) is -4.27. The zero-order chi connectivity index (χ0) is 20.3. The normalized spacial score (nSPS) is 13.5. The maximum absolute atomic E-state index is 12.7. The molecule has 2 aromatic carbocycles. The van der Waals surface area contributed by atoms with E-state index in [1.165, 1.54) is 12.1 Å². The van der Waals surface area contributed by atoms with Crippen LogP contribution in [0.2, 0.25) is 0 Å². The van der Waals surface area contributed by atoms with Crippen LogP contribution >= 0.6 is 0 Å². The van der Waals surface area contributed by atoms with Crippen molar-refractivity contribution in [3.63, 3.8) is 0 Å². The lowest BCUT2D eigenvalue weighted by atomic mass is 10.1. The Morgan fingerprint density at radius 1 is 0.964 bits per heavy atom. The Morgan fingerprint density at radius 2 is 1.61 bits per heavy atom. The highest BCUT2D eigenvalue weighted by atomic mass is 19.4. The maximum Gasteiger partial charge on any atom is 0.416 e. The fourth-order valence-electron chi connectivity index (χ4n) is 2.82. The molecule has 0 bridgehead atoms. The smallest absolute Gasteiger partial charge is 0.299 e. The molecule has 28 heavy (non-hydrogen) atoms. The fourth-order valence-corrected chi connectivity index (χ4v) is 2.82. The van der Waals surface area contributed by atoms with E-state index in [4.69, 9.17) is 0 Å². The highest BCUT2D eigenvalue weighted by Crippen LogP contribution is 2.30. The van der Waals surface area contributed by atoms with Gasteiger partial charge in [-0.25, -0.2) is 0 Å². The molecule has 1 aliphatic rings. The van der Waals surface area contributed by atoms with Crippen LogP contribution in [0, 0.1) is 0 Å². The van der Waals surface area contributed by atoms with Crippen LogP contribution in [-0.4, -0.2) is 29.2 Å². The monoisotopic (exact) mass is 391 g/mol. The van der Waals surface area contributed by atoms with Crippen LogP contribution < -0.4 is 10.9 Å². The minimum atomic E-state index is -4.48. The molecule has 0 radical (unpaired) electrons. The molecule has 0 atom stereocenters. The van der Waals surface area contributed by atoms with Crippen molar-refractivity contribution in [1.82, 2.24) is 10.3 Å². The van der Waals surface area contributed by atoms with Gasteiger partial charge in [0.05, 0.1) is 22.4 Å². The van der Waals surface area contributed by atoms with Crippen molar-refractivity contribution >= 4 is 23.4 Å². The van der Waals surface area contributed by atoms with Crippen LogP contribution in [0.4, 0.5) is 18.9 Å². The third-order valence-corrected chi connectivity index (χ3v) is 4.20. The van der Waals surface area contributed by atoms with E-state index in [0.29, 0.717) is 11.1 Å². The van der Waals surface area contributed by atoms with E-state index in [2.05, 4.69) is 10.9 Å². The van der Waals surface area contributed by atoms with Gasteiger partial charge in [-0.15, -0.1) is 0 Å². The van der Waals surface area contributed by atoms with Crippen molar-refractivity contribution < 1.29 is 27.6 Å². The zero-order valence-corrected chi connectivity index (χ0v) is 14.5. The molecule has 0 aliphatic carbocycles. The number of hydrazine groups is 1. The second kappa shape index (κ2) is 7.71. The lowest BCUT2D eigenvalue weighted by Crippen LogP contribution is -2.33. The molecule has 2 N–H and O–H groups in total. The summed E-state index contributed by atoms with van der Waals surface area (Å²) in [5.74, 6) is -1.28. The van der Waals surface area contributed by atoms with Crippen molar-refractivity contribution in [2.75, 3.05) is 12.0 Å². The fraction of sp³-hybridized carbons (Fsp3) is 0.211. The number of fused-ring (bicyclic) bond motifs is 1. The Hall–Kier alpha value is -3.36. The third kappa shape index (κ3) is 4.13. The number of nitrogens with one attached hydrogen (secondary N) is 2. The first-order chi connectivity index (χ1) is 13.3. The number of hydrogen-bond donors (Lipinski definition) is 2. The zero-order valence-electron chi connectivity index (χ0n) is 14.5. The third-order valence-electron chi connectivity index (χ3n) is 4.20. The van der Waals surface area contributed by atoms with Crippen LogP contribution in [0.15, 0.2) is 48.5 Å². The molecule has 1 aliphatic heterocycles. The minimum Gasteiger partial charge on any atom is -0.299 e. The summed E-state index contributed by atoms with van der Waals surface area (Å²) in [6.45, 7) is 0.0727. The Kier molecular flexibility index (Phi) is 5.34. The van der Waals surface area contributed by atoms with E-state index in [-0.39, 0.29) is 25.1 Å². The summed E-state index contributed by atoms with van der Waals surface area (Å²) in [7, 11) is 0. The van der Waals surface area contributed by atoms with Crippen LogP contribution in [-0.2, 0) is 11.0 Å². The minimum absolute atomic E-state index is 0.0145. The Balaban J connectivity index is 1.47. The van der Waals surface area contributed by atoms with Gasteiger partial charge in [-0.3, -0.25) is 30.1 Å². The van der Waals surface area contributed by atoms with Gasteiger partial charge in [0.25, 0.3) is 11.8 Å². The van der Waals surface area contributed by atoms with E-state index < -0.39 is 29.5 Å². The van der Waals surface area contributed by atoms with E-state index in [1.807, 2.05) is 0 Å². The first kappa shape index (κ1) is 19.4. The lowest BCUT2D eigenvalue weighted by Gasteiger charge is -2.14. The van der Waals surface area contributed by atoms with Gasteiger partial charge >= 0.3 is 6.18 Å². The standard InChI is InChI=1S/C19H16F3N3O3/c20-19(21,22)12-5-3-6-13(11-12)23-24-16(26)9-4-10-25-17(27)14-7-1-2-8-15(14)18(25)28/h1-3,5-8,11,23H,4,9-10H2,(H,24,26). The van der Waals surface area contributed by atoms with Crippen LogP contribution in [0.5, 0.6) is 0 Å². The summed E-state index contributed by atoms with van der Waals surface area (Å²) in [5, 5.41) is 0. The van der Waals surface area contributed by atoms with E-state index in [9.17, 15) is 27.6 Å². The predicted molar refractivity (Wildman–Crippen MR) is 94.3 cm³/mol. The number of carbonyl (C=O) groups is 3. The molecule has 6 nitrogen and oxygen atoms in total. The van der Waals surface area contributed by atoms with Gasteiger partial charge in [-0.05, 0) is 36.8 Å². The number of carbonyl (C=O) groups excluding carboxylic acids is 3. The van der Waals surface area contributed by atoms with Gasteiger partial charge in [-0.1, -0.05) is 18.2 Å². The topological polar surface area (TPSA) is 78.5 Å². The quantitative estimate of drug-likeness (QED) is 0.586. The molecular weight excluding hydrogens is 375 g/mol. The van der Waals surface area contributed by atoms with Crippen LogP contribution in [0.1, 0.15) is 39.1 Å². The molecule has 0 saturated heterocycles. The molecule has 9 heteroatoms. The average Bonchev–Trinajstić information content (AvgIpc) is 2.91. The first-order valence-electron chi connectivity index (χ1n) is 8.45. The number of rotatable bonds is 6. The van der Waals surface area contributed by atoms with Crippen molar-refractivity contribution in [1.29, 1.82) is 0 Å². The van der Waals surface area contributed by atoms with Crippen molar-refractivity contribution in [2.24, 2.45) is 0 Å². The molecule has 0 saturated carbocycles. The number of amides is 3. The van der Waals surface area contributed by atoms with Crippen molar-refractivity contribution in [3.8, 4) is 0 Å². The molecule has 3 amide bonds. The Morgan fingerprint density at radius 3 is 2.21 bits per heavy atom. The predicted octanol–water partition coefficient (Wildman–Crippen LogP) is 3.22. The molecule has 146 valence electrons. The molecule has 0 fully saturated rings. The van der Waals surface area contributed by atoms with Gasteiger partial charge in [0.15, 0.2) is 0 Å². The molecule has 3 rings (SSSR count). The van der Waals surface area contributed by atoms with Crippen LogP contribution in [0.3, 0.4) is 0 Å². The van der Waals surface area contributed by atoms with Crippen molar-refractivity contribution in [2.45, 2.75) is 19.0 Å². The van der Waals surface area contributed by atoms with E-state index in [0.717, 1.165) is 17.0 Å². The SMILES string of the molecule is O=C(CCCN1C(=O)c2ccccc2C1=O)NNc1cccc(C(F)(F)F)c1. The number of hydrogen-bond acceptors (Lipinski definition) is 4. The number of alkyl halides is 3. The van der Waals surface area contributed by atoms with Crippen molar-refractivity contribution in [3.05, 3.63) is 65.2 Å². The molecule has 1 heterocycles. The summed E-state index contributed by atoms with van der Waals surface area (Å²) < 4.78 is 38.0. The number of halogens is 3. The van der Waals surface area contributed by atoms with Crippen LogP contribution in [0.25, 0.3) is 0 Å². The average molecular weight is 391 g/mol. The van der Waals surface area contributed by atoms with Gasteiger partial charge in [0, 0.05) is 13.0 Å². The second-order valence-electron chi connectivity index (χ2n) is 6.16. The summed E-state index contributed by atoms with van der Waals surface area (Å²) >= 11 is 0. The summed E-state index contributed by atoms with van der Waals surface area (Å²) in [4.78, 5) is 37.4. The summed E-state index contributed by atoms with van der Waals surface area (Å²) in [6, 6.07) is 10.9. The molecule has 0 aromatic heterocycles. The number of anilines is 1. The summed E-state index contributed by atoms with van der Waals surface area (Å²) in [5.41, 5.74) is 4.64. The molecular formula is C19H16F3N3O3. The Labute approximate surface area is 158 Å². The molecule has 0 unspecified atom stereocenters. The second-order valence-corrected chi connectivity index (χ2v) is 6.16. The number of nitrogens with zero attached hydrogens (tertiary/aromatic N) is 1. The number of benzene rings is 2. The van der Waals surface area contributed by atoms with Gasteiger partial charge < -0.3 is 0 Å². The highest BCUT2D eigenvalue weighted by molar-refractivity contribution is 6.21. The van der Waals surface area contributed by atoms with E-state index >= 15 is 0 Å².